The molecule has 0 fully saturated rings. The highest BCUT2D eigenvalue weighted by Crippen LogP contribution is 2.44. The molecule has 1 heterocycles. The fourth-order valence-electron chi connectivity index (χ4n) is 3.96. The molecular formula is C24H27N3O4. The van der Waals surface area contributed by atoms with Crippen LogP contribution in [0.1, 0.15) is 48.6 Å². The number of nitrogens with one attached hydrogen (secondary N) is 1. The molecule has 3 N–H and O–H groups in total. The smallest absolute Gasteiger partial charge is 0.407 e. The van der Waals surface area contributed by atoms with Gasteiger partial charge in [0.15, 0.2) is 0 Å². The normalized spacial score (nSPS) is 14.7. The van der Waals surface area contributed by atoms with E-state index >= 15 is 0 Å². The molecule has 7 heteroatoms. The van der Waals surface area contributed by atoms with Crippen molar-refractivity contribution < 1.29 is 19.7 Å². The molecule has 2 aromatic carbocycles. The maximum Gasteiger partial charge on any atom is 0.407 e. The second kappa shape index (κ2) is 8.91. The summed E-state index contributed by atoms with van der Waals surface area (Å²) < 4.78 is 7.15. The molecule has 4 rings (SSSR count). The third-order valence-corrected chi connectivity index (χ3v) is 5.66. The van der Waals surface area contributed by atoms with Gasteiger partial charge in [0.2, 0.25) is 0 Å². The van der Waals surface area contributed by atoms with Gasteiger partial charge in [-0.2, -0.15) is 5.10 Å². The summed E-state index contributed by atoms with van der Waals surface area (Å²) in [7, 11) is 0. The molecule has 162 valence electrons. The lowest BCUT2D eigenvalue weighted by atomic mass is 9.98. The number of alkyl carbamates (subject to hydrolysis) is 1. The molecule has 1 amide bonds. The highest BCUT2D eigenvalue weighted by atomic mass is 16.5. The molecule has 0 bridgehead atoms. The third kappa shape index (κ3) is 4.33. The van der Waals surface area contributed by atoms with Gasteiger partial charge in [0, 0.05) is 30.3 Å². The molecule has 1 aliphatic carbocycles. The molecule has 0 radical (unpaired) electrons. The highest BCUT2D eigenvalue weighted by Gasteiger charge is 2.29. The standard InChI is InChI=1S/C24H27N3O4/c1-15(2)27-13-16(11-26-27)23(29)22(28)12-25-24(30)31-14-21-19-9-5-3-7-17(19)18-8-4-6-10-20(18)21/h3-11,13,15,21-23,28-29H,12,14H2,1-2H3,(H,25,30). The van der Waals surface area contributed by atoms with Crippen molar-refractivity contribution in [1.82, 2.24) is 15.1 Å². The Bertz CT molecular complexity index is 1020. The van der Waals surface area contributed by atoms with Crippen molar-refractivity contribution in [3.63, 3.8) is 0 Å². The van der Waals surface area contributed by atoms with Crippen molar-refractivity contribution in [2.45, 2.75) is 38.0 Å². The monoisotopic (exact) mass is 421 g/mol. The Labute approximate surface area is 181 Å². The zero-order chi connectivity index (χ0) is 22.0. The number of aliphatic hydroxyl groups excluding tert-OH is 2. The van der Waals surface area contributed by atoms with Gasteiger partial charge >= 0.3 is 6.09 Å². The first-order chi connectivity index (χ1) is 15.0. The quantitative estimate of drug-likeness (QED) is 0.543. The predicted molar refractivity (Wildman–Crippen MR) is 117 cm³/mol. The largest absolute Gasteiger partial charge is 0.449 e. The molecule has 7 nitrogen and oxygen atoms in total. The summed E-state index contributed by atoms with van der Waals surface area (Å²) in [6.45, 7) is 4.00. The van der Waals surface area contributed by atoms with Gasteiger partial charge in [-0.05, 0) is 36.1 Å². The molecule has 0 saturated heterocycles. The number of hydrogen-bond donors (Lipinski definition) is 3. The van der Waals surface area contributed by atoms with Crippen LogP contribution in [0.15, 0.2) is 60.9 Å². The average molecular weight is 421 g/mol. The summed E-state index contributed by atoms with van der Waals surface area (Å²) in [6, 6.07) is 16.4. The van der Waals surface area contributed by atoms with Gasteiger partial charge < -0.3 is 20.3 Å². The summed E-state index contributed by atoms with van der Waals surface area (Å²) in [5.41, 5.74) is 5.08. The molecule has 3 aromatic rings. The molecule has 2 unspecified atom stereocenters. The third-order valence-electron chi connectivity index (χ3n) is 5.66. The van der Waals surface area contributed by atoms with E-state index in [1.807, 2.05) is 38.1 Å². The summed E-state index contributed by atoms with van der Waals surface area (Å²) in [6.07, 6.45) is 0.241. The Morgan fingerprint density at radius 3 is 2.29 bits per heavy atom. The Hall–Kier alpha value is -3.16. The van der Waals surface area contributed by atoms with Crippen molar-refractivity contribution in [3.8, 4) is 11.1 Å². The van der Waals surface area contributed by atoms with E-state index in [-0.39, 0.29) is 25.1 Å². The van der Waals surface area contributed by atoms with Gasteiger partial charge in [-0.3, -0.25) is 4.68 Å². The van der Waals surface area contributed by atoms with Crippen molar-refractivity contribution in [1.29, 1.82) is 0 Å². The second-order valence-electron chi connectivity index (χ2n) is 8.07. The number of fused-ring (bicyclic) bond motifs is 3. The number of benzene rings is 2. The van der Waals surface area contributed by atoms with Gasteiger partial charge in [0.1, 0.15) is 18.8 Å². The molecule has 0 aliphatic heterocycles. The maximum absolute atomic E-state index is 12.2. The number of carbonyl (C=O) groups is 1. The van der Waals surface area contributed by atoms with Crippen molar-refractivity contribution in [3.05, 3.63) is 77.6 Å². The number of rotatable bonds is 7. The van der Waals surface area contributed by atoms with Gasteiger partial charge in [0.25, 0.3) is 0 Å². The zero-order valence-electron chi connectivity index (χ0n) is 17.6. The summed E-state index contributed by atoms with van der Waals surface area (Å²) >= 11 is 0. The Morgan fingerprint density at radius 2 is 1.71 bits per heavy atom. The fraction of sp³-hybridized carbons (Fsp3) is 0.333. The fourth-order valence-corrected chi connectivity index (χ4v) is 3.96. The first-order valence-corrected chi connectivity index (χ1v) is 10.4. The number of nitrogens with zero attached hydrogens (tertiary/aromatic N) is 2. The minimum atomic E-state index is -1.18. The first kappa shape index (κ1) is 21.1. The van der Waals surface area contributed by atoms with Gasteiger partial charge in [0.05, 0.1) is 6.20 Å². The lowest BCUT2D eigenvalue weighted by Crippen LogP contribution is -2.36. The van der Waals surface area contributed by atoms with Crippen LogP contribution >= 0.6 is 0 Å². The average Bonchev–Trinajstić information content (AvgIpc) is 3.39. The number of aromatic nitrogens is 2. The van der Waals surface area contributed by atoms with Crippen LogP contribution < -0.4 is 5.32 Å². The van der Waals surface area contributed by atoms with E-state index in [0.29, 0.717) is 5.56 Å². The molecular weight excluding hydrogens is 394 g/mol. The van der Waals surface area contributed by atoms with Crippen LogP contribution in [-0.4, -0.2) is 45.3 Å². The van der Waals surface area contributed by atoms with Gasteiger partial charge in [-0.15, -0.1) is 0 Å². The Balaban J connectivity index is 1.32. The van der Waals surface area contributed by atoms with E-state index in [0.717, 1.165) is 22.3 Å². The second-order valence-corrected chi connectivity index (χ2v) is 8.07. The Kier molecular flexibility index (Phi) is 6.06. The van der Waals surface area contributed by atoms with Gasteiger partial charge in [-0.25, -0.2) is 4.79 Å². The summed E-state index contributed by atoms with van der Waals surface area (Å²) in [4.78, 5) is 12.2. The summed E-state index contributed by atoms with van der Waals surface area (Å²) in [5.74, 6) is -0.0319. The lowest BCUT2D eigenvalue weighted by Gasteiger charge is -2.18. The first-order valence-electron chi connectivity index (χ1n) is 10.4. The number of amides is 1. The minimum absolute atomic E-state index is 0.0319. The van der Waals surface area contributed by atoms with E-state index in [9.17, 15) is 15.0 Å². The topological polar surface area (TPSA) is 96.6 Å². The van der Waals surface area contributed by atoms with Crippen LogP contribution in [0.3, 0.4) is 0 Å². The molecule has 2 atom stereocenters. The lowest BCUT2D eigenvalue weighted by molar-refractivity contribution is 0.0185. The molecule has 1 aromatic heterocycles. The van der Waals surface area contributed by atoms with Crippen LogP contribution in [0.4, 0.5) is 4.79 Å². The van der Waals surface area contributed by atoms with E-state index in [1.165, 1.54) is 6.20 Å². The van der Waals surface area contributed by atoms with Crippen LogP contribution in [0.2, 0.25) is 0 Å². The molecule has 31 heavy (non-hydrogen) atoms. The number of aliphatic hydroxyl groups is 2. The van der Waals surface area contributed by atoms with Gasteiger partial charge in [-0.1, -0.05) is 48.5 Å². The van der Waals surface area contributed by atoms with Crippen LogP contribution in [0.25, 0.3) is 11.1 Å². The van der Waals surface area contributed by atoms with Crippen LogP contribution in [-0.2, 0) is 4.74 Å². The van der Waals surface area contributed by atoms with E-state index < -0.39 is 18.3 Å². The molecule has 0 spiro atoms. The number of carbonyl (C=O) groups excluding carboxylic acids is 1. The summed E-state index contributed by atoms with van der Waals surface area (Å²) in [5, 5.41) is 27.3. The van der Waals surface area contributed by atoms with E-state index in [1.54, 1.807) is 10.9 Å². The SMILES string of the molecule is CC(C)n1cc(C(O)C(O)CNC(=O)OCC2c3ccccc3-c3ccccc32)cn1. The molecule has 1 aliphatic rings. The van der Waals surface area contributed by atoms with Crippen LogP contribution in [0, 0.1) is 0 Å². The van der Waals surface area contributed by atoms with E-state index in [4.69, 9.17) is 4.74 Å². The Morgan fingerprint density at radius 1 is 1.10 bits per heavy atom. The van der Waals surface area contributed by atoms with E-state index in [2.05, 4.69) is 34.7 Å². The number of ether oxygens (including phenoxy) is 1. The minimum Gasteiger partial charge on any atom is -0.449 e. The number of hydrogen-bond acceptors (Lipinski definition) is 5. The van der Waals surface area contributed by atoms with Crippen molar-refractivity contribution in [2.75, 3.05) is 13.2 Å². The molecule has 0 saturated carbocycles. The van der Waals surface area contributed by atoms with Crippen molar-refractivity contribution >= 4 is 6.09 Å². The van der Waals surface area contributed by atoms with Crippen LogP contribution in [0.5, 0.6) is 0 Å². The van der Waals surface area contributed by atoms with Crippen molar-refractivity contribution in [2.24, 2.45) is 0 Å². The zero-order valence-corrected chi connectivity index (χ0v) is 17.6. The predicted octanol–water partition coefficient (Wildman–Crippen LogP) is 3.40. The maximum atomic E-state index is 12.2. The highest BCUT2D eigenvalue weighted by molar-refractivity contribution is 5.79.